The van der Waals surface area contributed by atoms with Crippen LogP contribution in [0, 0.1) is 17.5 Å². The van der Waals surface area contributed by atoms with Crippen molar-refractivity contribution in [3.8, 4) is 33.4 Å². The van der Waals surface area contributed by atoms with Gasteiger partial charge >= 0.3 is 0 Å². The molecule has 3 aliphatic heterocycles. The number of aryl methyl sites for hydroxylation is 6. The Morgan fingerprint density at radius 1 is 0.460 bits per heavy atom. The molecule has 3 aromatic carbocycles. The van der Waals surface area contributed by atoms with E-state index in [4.69, 9.17) is 34.8 Å². The van der Waals surface area contributed by atoms with E-state index >= 15 is 0 Å². The number of hydrogen-bond acceptors (Lipinski definition) is 15. The zero-order chi connectivity index (χ0) is 71.7. The molecule has 2 unspecified atom stereocenters. The first-order valence-electron chi connectivity index (χ1n) is 30.6. The smallest absolute Gasteiger partial charge is 0.280 e. The van der Waals surface area contributed by atoms with Crippen LogP contribution < -0.4 is 30.1 Å². The first-order chi connectivity index (χ1) is 46.8. The van der Waals surface area contributed by atoms with Gasteiger partial charge in [0.1, 0.15) is 35.6 Å². The minimum atomic E-state index is -3.90. The third-order valence-electron chi connectivity index (χ3n) is 16.7. The van der Waals surface area contributed by atoms with Gasteiger partial charge in [0.05, 0.1) is 51.8 Å². The van der Waals surface area contributed by atoms with Gasteiger partial charge in [0.2, 0.25) is 17.7 Å². The fourth-order valence-corrected chi connectivity index (χ4v) is 19.5. The number of carbonyl (C=O) groups is 3. The largest absolute Gasteiger partial charge is 0.325 e. The summed E-state index contributed by atoms with van der Waals surface area (Å²) < 4.78 is 133. The van der Waals surface area contributed by atoms with Gasteiger partial charge in [0.15, 0.2) is 0 Å². The van der Waals surface area contributed by atoms with Crippen molar-refractivity contribution in [1.29, 1.82) is 0 Å². The molecule has 6 N–H and O–H groups in total. The Hall–Kier alpha value is -6.93. The molecule has 0 saturated carbocycles. The van der Waals surface area contributed by atoms with Crippen molar-refractivity contribution in [3.63, 3.8) is 0 Å². The SMILES string of the molecule is C.CCc1sc(C2CC(C(=O)Nc3ccc(F)c(Cl)c3)N(C)S(=O)(=O)N2)cc1-c1cnn(C)c1.CCc1sc([C@@H]2C[C@H](C(=O)Nc3ccc(F)c(Cl)c3)N(C)S(=O)(=O)N2)cc1-c1cnn(C)c1.CCc1sc([C@H]2C[C@@H](C(=O)Nc3ccc(F)c(Cl)c3)N(C)S(=O)(=O)N2)cc1-c1cnn(C)c1. The number of amides is 3. The van der Waals surface area contributed by atoms with Gasteiger partial charge in [0.25, 0.3) is 30.6 Å². The molecule has 9 aromatic rings. The Bertz CT molecular complexity index is 4400. The fraction of sp³-hybridized carbons (Fsp3) is 0.344. The van der Waals surface area contributed by atoms with Crippen LogP contribution in [0.25, 0.3) is 33.4 Å². The van der Waals surface area contributed by atoms with Gasteiger partial charge in [0, 0.05) is 124 Å². The minimum absolute atomic E-state index is 0. The number of nitrogens with zero attached hydrogens (tertiary/aromatic N) is 9. The molecular weight excluding hydrogens is 1480 g/mol. The van der Waals surface area contributed by atoms with Crippen LogP contribution in [0.3, 0.4) is 0 Å². The molecule has 36 heteroatoms. The van der Waals surface area contributed by atoms with Crippen molar-refractivity contribution in [2.45, 2.75) is 103 Å². The number of likely N-dealkylation sites (N-methyl/N-ethyl adjacent to an activating group) is 3. The van der Waals surface area contributed by atoms with E-state index in [1.54, 1.807) is 32.6 Å². The standard InChI is InChI=1S/3C21H23ClFN5O3S2.CH4/c3*1-4-19-14(12-10-24-27(2)11-12)8-20(32-19)17-9-18(28(3)33(30,31)26-17)21(29)25-13-5-6-16(23)15(22)7-13;/h3*5-8,10-11,17-18,26H,4,9H2,1-3H3,(H,25,29);1H4/t2*17-,18+;;/m10../s1. The lowest BCUT2D eigenvalue weighted by Crippen LogP contribution is -2.55. The average Bonchev–Trinajstić information content (AvgIpc) is 1.34. The van der Waals surface area contributed by atoms with Crippen LogP contribution in [0.5, 0.6) is 0 Å². The molecule has 0 radical (unpaired) electrons. The zero-order valence-corrected chi connectivity index (χ0v) is 61.7. The van der Waals surface area contributed by atoms with Crippen molar-refractivity contribution >= 4 is 134 Å². The maximum Gasteiger partial charge on any atom is 0.280 e. The lowest BCUT2D eigenvalue weighted by Gasteiger charge is -2.35. The number of aromatic nitrogens is 6. The molecule has 6 aromatic heterocycles. The second-order valence-corrected chi connectivity index (χ2v) is 33.4. The molecule has 9 heterocycles. The summed E-state index contributed by atoms with van der Waals surface area (Å²) in [4.78, 5) is 44.8. The molecular formula is C64H73Cl3F3N15O9S6. The van der Waals surface area contributed by atoms with Crippen molar-refractivity contribution < 1.29 is 52.8 Å². The fourth-order valence-electron chi connectivity index (χ4n) is 11.4. The molecule has 0 spiro atoms. The quantitative estimate of drug-likeness (QED) is 0.0559. The molecule has 536 valence electrons. The number of thiophene rings is 3. The molecule has 0 bridgehead atoms. The van der Waals surface area contributed by atoms with Gasteiger partial charge in [-0.05, 0) is 128 Å². The van der Waals surface area contributed by atoms with Gasteiger partial charge in [-0.15, -0.1) is 34.0 Å². The van der Waals surface area contributed by atoms with E-state index in [9.17, 15) is 52.8 Å². The van der Waals surface area contributed by atoms with Crippen molar-refractivity contribution in [3.05, 3.63) is 172 Å². The average molecular weight is 1550 g/mol. The molecule has 24 nitrogen and oxygen atoms in total. The van der Waals surface area contributed by atoms with Crippen LogP contribution in [-0.2, 0) is 85.4 Å². The van der Waals surface area contributed by atoms with E-state index in [2.05, 4.69) is 45.4 Å². The van der Waals surface area contributed by atoms with E-state index in [0.29, 0.717) is 0 Å². The van der Waals surface area contributed by atoms with E-state index in [1.165, 1.54) is 91.6 Å². The Morgan fingerprint density at radius 3 is 0.920 bits per heavy atom. The van der Waals surface area contributed by atoms with Gasteiger partial charge in [-0.25, -0.2) is 13.2 Å². The summed E-state index contributed by atoms with van der Waals surface area (Å²) in [5.41, 5.74) is 6.74. The highest BCUT2D eigenvalue weighted by atomic mass is 35.5. The van der Waals surface area contributed by atoms with Crippen LogP contribution in [0.1, 0.15) is 94.8 Å². The predicted octanol–water partition coefficient (Wildman–Crippen LogP) is 11.8. The van der Waals surface area contributed by atoms with Crippen molar-refractivity contribution in [2.75, 3.05) is 37.1 Å². The molecule has 3 amide bonds. The Kier molecular flexibility index (Phi) is 24.5. The van der Waals surface area contributed by atoms with Crippen molar-refractivity contribution in [2.24, 2.45) is 21.1 Å². The monoisotopic (exact) mass is 1550 g/mol. The van der Waals surface area contributed by atoms with E-state index < -0.39 is 102 Å². The van der Waals surface area contributed by atoms with E-state index in [0.717, 1.165) is 113 Å². The zero-order valence-electron chi connectivity index (χ0n) is 54.5. The summed E-state index contributed by atoms with van der Waals surface area (Å²) in [7, 11) is -2.13. The number of carbonyl (C=O) groups excluding carboxylic acids is 3. The van der Waals surface area contributed by atoms with Gasteiger partial charge < -0.3 is 16.0 Å². The third kappa shape index (κ3) is 17.4. The predicted molar refractivity (Wildman–Crippen MR) is 387 cm³/mol. The highest BCUT2D eigenvalue weighted by Gasteiger charge is 2.44. The summed E-state index contributed by atoms with van der Waals surface area (Å²) in [5.74, 6) is -3.37. The number of halogens is 6. The lowest BCUT2D eigenvalue weighted by atomic mass is 10.0. The van der Waals surface area contributed by atoms with Gasteiger partial charge in [-0.2, -0.15) is 67.6 Å². The van der Waals surface area contributed by atoms with Crippen LogP contribution >= 0.6 is 68.8 Å². The first-order valence-corrected chi connectivity index (χ1v) is 38.5. The molecule has 3 saturated heterocycles. The number of benzene rings is 3. The lowest BCUT2D eigenvalue weighted by molar-refractivity contribution is -0.120. The summed E-state index contributed by atoms with van der Waals surface area (Å²) in [6, 6.07) is 12.7. The Morgan fingerprint density at radius 2 is 0.710 bits per heavy atom. The number of hydrogen-bond donors (Lipinski definition) is 6. The molecule has 100 heavy (non-hydrogen) atoms. The molecule has 12 rings (SSSR count). The van der Waals surface area contributed by atoms with Crippen LogP contribution in [-0.4, -0.2) is 125 Å². The molecule has 6 atom stereocenters. The minimum Gasteiger partial charge on any atom is -0.325 e. The van der Waals surface area contributed by atoms with Gasteiger partial charge in [-0.1, -0.05) is 63.0 Å². The maximum absolute atomic E-state index is 13.4. The maximum atomic E-state index is 13.4. The van der Waals surface area contributed by atoms with E-state index in [1.807, 2.05) is 78.7 Å². The highest BCUT2D eigenvalue weighted by molar-refractivity contribution is 7.87. The Balaban J connectivity index is 0.000000174. The summed E-state index contributed by atoms with van der Waals surface area (Å²) in [5, 5.41) is 20.2. The van der Waals surface area contributed by atoms with Crippen LogP contribution in [0.4, 0.5) is 30.2 Å². The Labute approximate surface area is 605 Å². The number of anilines is 3. The van der Waals surface area contributed by atoms with Crippen LogP contribution in [0.2, 0.25) is 15.1 Å². The summed E-state index contributed by atoms with van der Waals surface area (Å²) in [6.07, 6.45) is 14.1. The topological polar surface area (TPSA) is 289 Å². The second kappa shape index (κ2) is 31.8. The van der Waals surface area contributed by atoms with E-state index in [-0.39, 0.29) is 58.8 Å². The third-order valence-corrected chi connectivity index (χ3v) is 26.5. The second-order valence-electron chi connectivity index (χ2n) is 23.4. The summed E-state index contributed by atoms with van der Waals surface area (Å²) in [6.45, 7) is 6.12. The normalized spacial score (nSPS) is 20.4. The first kappa shape index (κ1) is 77.2. The highest BCUT2D eigenvalue weighted by Crippen LogP contribution is 2.43. The van der Waals surface area contributed by atoms with Crippen LogP contribution in [0.15, 0.2) is 110 Å². The number of nitrogens with one attached hydrogen (secondary N) is 6. The molecule has 3 fully saturated rings. The van der Waals surface area contributed by atoms with Crippen molar-refractivity contribution in [1.82, 2.24) is 56.4 Å². The summed E-state index contributed by atoms with van der Waals surface area (Å²) >= 11 is 21.9. The molecule has 0 aliphatic carbocycles. The van der Waals surface area contributed by atoms with Gasteiger partial charge in [-0.3, -0.25) is 28.4 Å². The number of rotatable bonds is 15. The molecule has 3 aliphatic rings.